The number of carboxylic acid groups (broad SMARTS) is 1. The van der Waals surface area contributed by atoms with Gasteiger partial charge in [0.25, 0.3) is 0 Å². The zero-order chi connectivity index (χ0) is 20.5. The van der Waals surface area contributed by atoms with Gasteiger partial charge in [-0.2, -0.15) is 0 Å². The number of hydrogen-bond acceptors (Lipinski definition) is 4. The van der Waals surface area contributed by atoms with Crippen LogP contribution in [0.1, 0.15) is 90.4 Å². The van der Waals surface area contributed by atoms with Crippen LogP contribution in [0.5, 0.6) is 0 Å². The van der Waals surface area contributed by atoms with Crippen molar-refractivity contribution in [2.75, 3.05) is 6.54 Å². The Balaban J connectivity index is 2.02. The molecule has 1 rings (SSSR count). The van der Waals surface area contributed by atoms with E-state index in [-0.39, 0.29) is 6.04 Å². The average Bonchev–Trinajstić information content (AvgIpc) is 3.22. The molecule has 0 bridgehead atoms. The van der Waals surface area contributed by atoms with E-state index in [1.165, 1.54) is 25.7 Å². The second-order valence-electron chi connectivity index (χ2n) is 7.58. The maximum absolute atomic E-state index is 11.9. The van der Waals surface area contributed by atoms with Crippen LogP contribution in [0.4, 0.5) is 0 Å². The van der Waals surface area contributed by atoms with Crippen molar-refractivity contribution in [3.8, 4) is 0 Å². The second kappa shape index (κ2) is 16.3. The van der Waals surface area contributed by atoms with Crippen molar-refractivity contribution in [1.29, 1.82) is 0 Å². The topological polar surface area (TPSA) is 75.6 Å². The lowest BCUT2D eigenvalue weighted by molar-refractivity contribution is -0.165. The van der Waals surface area contributed by atoms with Gasteiger partial charge < -0.3 is 15.2 Å². The molecule has 2 unspecified atom stereocenters. The van der Waals surface area contributed by atoms with E-state index in [0.29, 0.717) is 6.42 Å². The number of ether oxygens (including phenoxy) is 1. The predicted molar refractivity (Wildman–Crippen MR) is 113 cm³/mol. The highest BCUT2D eigenvalue weighted by Crippen LogP contribution is 2.13. The normalized spacial score (nSPS) is 18.1. The van der Waals surface area contributed by atoms with E-state index >= 15 is 0 Å². The largest absolute Gasteiger partial charge is 0.479 e. The van der Waals surface area contributed by atoms with E-state index in [1.54, 1.807) is 0 Å². The number of carbonyl (C=O) groups excluding carboxylic acids is 1. The van der Waals surface area contributed by atoms with Crippen molar-refractivity contribution in [3.63, 3.8) is 0 Å². The molecule has 160 valence electrons. The molecule has 0 amide bonds. The fourth-order valence-electron chi connectivity index (χ4n) is 3.31. The number of hydrogen-bond donors (Lipinski definition) is 2. The van der Waals surface area contributed by atoms with E-state index in [1.807, 2.05) is 0 Å². The third-order valence-corrected chi connectivity index (χ3v) is 5.05. The molecule has 0 aromatic carbocycles. The van der Waals surface area contributed by atoms with Crippen molar-refractivity contribution in [3.05, 3.63) is 24.3 Å². The summed E-state index contributed by atoms with van der Waals surface area (Å²) < 4.78 is 5.19. The molecule has 5 nitrogen and oxygen atoms in total. The number of allylic oxidation sites excluding steroid dienone is 4. The minimum Gasteiger partial charge on any atom is -0.479 e. The van der Waals surface area contributed by atoms with Gasteiger partial charge in [-0.05, 0) is 64.3 Å². The summed E-state index contributed by atoms with van der Waals surface area (Å²) >= 11 is 0. The first-order valence-electron chi connectivity index (χ1n) is 11.1. The van der Waals surface area contributed by atoms with Gasteiger partial charge in [0.05, 0.1) is 0 Å². The third-order valence-electron chi connectivity index (χ3n) is 5.05. The molecule has 1 aliphatic heterocycles. The minimum absolute atomic E-state index is 0.333. The predicted octanol–water partition coefficient (Wildman–Crippen LogP) is 5.16. The van der Waals surface area contributed by atoms with Crippen molar-refractivity contribution in [1.82, 2.24) is 5.32 Å². The van der Waals surface area contributed by atoms with Gasteiger partial charge in [-0.25, -0.2) is 4.79 Å². The Bertz CT molecular complexity index is 481. The Morgan fingerprint density at radius 2 is 1.71 bits per heavy atom. The highest BCUT2D eigenvalue weighted by molar-refractivity contribution is 5.81. The maximum Gasteiger partial charge on any atom is 0.345 e. The van der Waals surface area contributed by atoms with Crippen LogP contribution in [-0.4, -0.2) is 35.7 Å². The lowest BCUT2D eigenvalue weighted by atomic mass is 10.1. The van der Waals surface area contributed by atoms with Crippen LogP contribution in [-0.2, 0) is 14.3 Å². The van der Waals surface area contributed by atoms with Crippen LogP contribution >= 0.6 is 0 Å². The lowest BCUT2D eigenvalue weighted by Gasteiger charge is -2.16. The standard InChI is InChI=1S/C23H39NO4/c1-2-3-4-5-6-7-8-9-10-11-12-13-14-15-18-21(22(25)26)28-23(27)20-17-16-19-24-20/h6-7,9-10,20-21,24H,2-5,8,11-19H2,1H3,(H,25,26)/b7-6-,10-9-. The molecule has 0 spiro atoms. The van der Waals surface area contributed by atoms with E-state index in [9.17, 15) is 14.7 Å². The van der Waals surface area contributed by atoms with E-state index < -0.39 is 18.0 Å². The van der Waals surface area contributed by atoms with Crippen LogP contribution in [0.2, 0.25) is 0 Å². The van der Waals surface area contributed by atoms with E-state index in [4.69, 9.17) is 4.74 Å². The van der Waals surface area contributed by atoms with Gasteiger partial charge in [0.15, 0.2) is 6.10 Å². The van der Waals surface area contributed by atoms with Gasteiger partial charge in [-0.3, -0.25) is 4.79 Å². The van der Waals surface area contributed by atoms with Gasteiger partial charge in [0.2, 0.25) is 0 Å². The Labute approximate surface area is 170 Å². The third kappa shape index (κ3) is 12.0. The van der Waals surface area contributed by atoms with Gasteiger partial charge in [-0.1, -0.05) is 56.9 Å². The van der Waals surface area contributed by atoms with Crippen molar-refractivity contribution in [2.24, 2.45) is 0 Å². The molecule has 28 heavy (non-hydrogen) atoms. The van der Waals surface area contributed by atoms with Crippen molar-refractivity contribution in [2.45, 2.75) is 103 Å². The summed E-state index contributed by atoms with van der Waals surface area (Å²) in [6, 6.07) is -0.333. The van der Waals surface area contributed by atoms with Gasteiger partial charge >= 0.3 is 11.9 Å². The number of carboxylic acids is 1. The Hall–Kier alpha value is -1.62. The molecular formula is C23H39NO4. The number of carbonyl (C=O) groups is 2. The molecule has 0 aromatic rings. The molecule has 2 N–H and O–H groups in total. The molecule has 1 aliphatic rings. The number of esters is 1. The number of rotatable bonds is 16. The first kappa shape index (κ1) is 24.4. The highest BCUT2D eigenvalue weighted by Gasteiger charge is 2.28. The van der Waals surface area contributed by atoms with Gasteiger partial charge in [-0.15, -0.1) is 0 Å². The quantitative estimate of drug-likeness (QED) is 0.215. The van der Waals surface area contributed by atoms with Crippen LogP contribution in [0.15, 0.2) is 24.3 Å². The summed E-state index contributed by atoms with van der Waals surface area (Å²) in [4.78, 5) is 23.3. The lowest BCUT2D eigenvalue weighted by Crippen LogP contribution is -2.37. The Morgan fingerprint density at radius 1 is 1.04 bits per heavy atom. The molecule has 0 aliphatic carbocycles. The molecule has 1 saturated heterocycles. The fourth-order valence-corrected chi connectivity index (χ4v) is 3.31. The summed E-state index contributed by atoms with van der Waals surface area (Å²) in [5.41, 5.74) is 0. The zero-order valence-corrected chi connectivity index (χ0v) is 17.5. The van der Waals surface area contributed by atoms with Crippen LogP contribution in [0.25, 0.3) is 0 Å². The molecular weight excluding hydrogens is 354 g/mol. The van der Waals surface area contributed by atoms with Crippen LogP contribution in [0, 0.1) is 0 Å². The SMILES string of the molecule is CCCCC/C=C\C/C=C\CCCCCCC(OC(=O)C1CCCN1)C(=O)O. The number of aliphatic carboxylic acids is 1. The zero-order valence-electron chi connectivity index (χ0n) is 17.5. The summed E-state index contributed by atoms with van der Waals surface area (Å²) in [5, 5.41) is 12.3. The number of unbranched alkanes of at least 4 members (excludes halogenated alkanes) is 7. The van der Waals surface area contributed by atoms with Gasteiger partial charge in [0, 0.05) is 0 Å². The first-order valence-corrected chi connectivity index (χ1v) is 11.1. The highest BCUT2D eigenvalue weighted by atomic mass is 16.6. The van der Waals surface area contributed by atoms with Crippen molar-refractivity contribution >= 4 is 11.9 Å². The van der Waals surface area contributed by atoms with Crippen LogP contribution < -0.4 is 5.32 Å². The minimum atomic E-state index is -1.04. The van der Waals surface area contributed by atoms with Crippen molar-refractivity contribution < 1.29 is 19.4 Å². The summed E-state index contributed by atoms with van der Waals surface area (Å²) in [7, 11) is 0. The molecule has 0 saturated carbocycles. The summed E-state index contributed by atoms with van der Waals surface area (Å²) in [5.74, 6) is -1.47. The number of nitrogens with one attached hydrogen (secondary N) is 1. The monoisotopic (exact) mass is 393 g/mol. The molecule has 2 atom stereocenters. The molecule has 1 fully saturated rings. The van der Waals surface area contributed by atoms with Crippen LogP contribution in [0.3, 0.4) is 0 Å². The van der Waals surface area contributed by atoms with E-state index in [0.717, 1.165) is 57.9 Å². The van der Waals surface area contributed by atoms with E-state index in [2.05, 4.69) is 36.5 Å². The fraction of sp³-hybridized carbons (Fsp3) is 0.739. The molecule has 1 heterocycles. The summed E-state index contributed by atoms with van der Waals surface area (Å²) in [6.45, 7) is 3.02. The smallest absolute Gasteiger partial charge is 0.345 e. The second-order valence-corrected chi connectivity index (χ2v) is 7.58. The Kier molecular flexibility index (Phi) is 14.3. The molecule has 5 heteroatoms. The first-order chi connectivity index (χ1) is 13.6. The molecule has 0 aromatic heterocycles. The average molecular weight is 394 g/mol. The molecule has 0 radical (unpaired) electrons. The maximum atomic E-state index is 11.9. The van der Waals surface area contributed by atoms with Gasteiger partial charge in [0.1, 0.15) is 6.04 Å². The Morgan fingerprint density at radius 3 is 2.32 bits per heavy atom. The summed E-state index contributed by atoms with van der Waals surface area (Å²) in [6.07, 6.45) is 21.0.